The van der Waals surface area contributed by atoms with E-state index in [1.54, 1.807) is 13.1 Å². The average Bonchev–Trinajstić information content (AvgIpc) is 3.68. The number of hydrogen-bond donors (Lipinski definition) is 1. The molecular formula is C43H45FN4O7S. The van der Waals surface area contributed by atoms with Gasteiger partial charge in [0.1, 0.15) is 30.6 Å². The van der Waals surface area contributed by atoms with Gasteiger partial charge in [0.15, 0.2) is 11.9 Å². The number of hydrogen-bond acceptors (Lipinski definition) is 7. The van der Waals surface area contributed by atoms with E-state index in [4.69, 9.17) is 9.47 Å². The van der Waals surface area contributed by atoms with Crippen molar-refractivity contribution >= 4 is 33.8 Å². The van der Waals surface area contributed by atoms with Crippen LogP contribution in [0.5, 0.6) is 5.75 Å². The number of fused-ring (bicyclic) bond motifs is 4. The molecule has 4 aliphatic rings. The van der Waals surface area contributed by atoms with Crippen LogP contribution in [0.1, 0.15) is 78.9 Å². The number of likely N-dealkylation sites (N-methyl/N-ethyl adjacent to an activating group) is 1. The second kappa shape index (κ2) is 15.6. The van der Waals surface area contributed by atoms with Crippen molar-refractivity contribution in [2.45, 2.75) is 76.7 Å². The van der Waals surface area contributed by atoms with Crippen LogP contribution in [0.3, 0.4) is 0 Å². The van der Waals surface area contributed by atoms with Crippen molar-refractivity contribution in [3.05, 3.63) is 119 Å². The number of carbonyl (C=O) groups is 3. The minimum atomic E-state index is -4.40. The van der Waals surface area contributed by atoms with E-state index >= 15 is 4.39 Å². The maximum atomic E-state index is 16.9. The molecule has 1 saturated carbocycles. The third-order valence-electron chi connectivity index (χ3n) is 11.6. The lowest BCUT2D eigenvalue weighted by Crippen LogP contribution is -2.51. The van der Waals surface area contributed by atoms with E-state index in [-0.39, 0.29) is 49.0 Å². The van der Waals surface area contributed by atoms with Gasteiger partial charge in [-0.3, -0.25) is 14.5 Å². The van der Waals surface area contributed by atoms with E-state index in [1.807, 2.05) is 83.6 Å². The van der Waals surface area contributed by atoms with Crippen LogP contribution in [0.4, 0.5) is 14.9 Å². The van der Waals surface area contributed by atoms with Crippen molar-refractivity contribution in [3.63, 3.8) is 0 Å². The molecule has 13 heteroatoms. The first-order valence-corrected chi connectivity index (χ1v) is 20.8. The number of nitrogens with zero attached hydrogens (tertiary/aromatic N) is 3. The number of halogens is 1. The summed E-state index contributed by atoms with van der Waals surface area (Å²) in [5.41, 5.74) is 4.85. The van der Waals surface area contributed by atoms with Gasteiger partial charge in [-0.2, -0.15) is 8.42 Å². The average molecular weight is 781 g/mol. The summed E-state index contributed by atoms with van der Waals surface area (Å²) in [4.78, 5) is 44.0. The molecule has 1 N–H and O–H groups in total. The lowest BCUT2D eigenvalue weighted by atomic mass is 9.85. The molecular weight excluding hydrogens is 736 g/mol. The fourth-order valence-electron chi connectivity index (χ4n) is 8.65. The predicted octanol–water partition coefficient (Wildman–Crippen LogP) is 7.04. The molecule has 2 heterocycles. The first kappa shape index (κ1) is 37.5. The van der Waals surface area contributed by atoms with Gasteiger partial charge < -0.3 is 14.4 Å². The summed E-state index contributed by atoms with van der Waals surface area (Å²) in [5, 5.41) is 0. The summed E-state index contributed by atoms with van der Waals surface area (Å²) in [7, 11) is -2.81. The molecule has 11 nitrogen and oxygen atoms in total. The number of nitrogens with one attached hydrogen (secondary N) is 1. The molecule has 0 spiro atoms. The Morgan fingerprint density at radius 2 is 1.59 bits per heavy atom. The molecule has 1 saturated heterocycles. The van der Waals surface area contributed by atoms with Gasteiger partial charge in [-0.05, 0) is 53.5 Å². The monoisotopic (exact) mass is 780 g/mol. The molecule has 292 valence electrons. The van der Waals surface area contributed by atoms with Gasteiger partial charge in [0.25, 0.3) is 5.91 Å². The number of amides is 3. The van der Waals surface area contributed by atoms with Crippen LogP contribution in [0.25, 0.3) is 11.1 Å². The van der Waals surface area contributed by atoms with Gasteiger partial charge in [0.05, 0.1) is 0 Å². The SMILES string of the molecule is CN(C(=O)OC1c2ccccc2-c2ccccc21)[C@H](CCC1CCCCC1)C(=O)N1CCc2cc(OCc3ccccc3)c(N3CC(=O)NS3(=O)=O)c(F)c2C1. The summed E-state index contributed by atoms with van der Waals surface area (Å²) in [5.74, 6) is -1.60. The van der Waals surface area contributed by atoms with Gasteiger partial charge in [-0.25, -0.2) is 18.2 Å². The minimum absolute atomic E-state index is 0.0205. The second-order valence-electron chi connectivity index (χ2n) is 15.1. The molecule has 0 aromatic heterocycles. The number of rotatable bonds is 10. The van der Waals surface area contributed by atoms with Gasteiger partial charge in [0, 0.05) is 36.8 Å². The van der Waals surface area contributed by atoms with E-state index in [2.05, 4.69) is 0 Å². The van der Waals surface area contributed by atoms with E-state index in [0.717, 1.165) is 59.9 Å². The lowest BCUT2D eigenvalue weighted by Gasteiger charge is -2.36. The Morgan fingerprint density at radius 1 is 0.929 bits per heavy atom. The summed E-state index contributed by atoms with van der Waals surface area (Å²) in [6.07, 6.45) is 5.77. The molecule has 2 aliphatic carbocycles. The summed E-state index contributed by atoms with van der Waals surface area (Å²) >= 11 is 0. The molecule has 4 aromatic carbocycles. The second-order valence-corrected chi connectivity index (χ2v) is 16.7. The van der Waals surface area contributed by atoms with E-state index in [1.165, 1.54) is 16.2 Å². The highest BCUT2D eigenvalue weighted by molar-refractivity contribution is 7.92. The molecule has 1 atom stereocenters. The summed E-state index contributed by atoms with van der Waals surface area (Å²) < 4.78 is 57.9. The fourth-order valence-corrected chi connectivity index (χ4v) is 9.81. The van der Waals surface area contributed by atoms with Crippen LogP contribution in [0.15, 0.2) is 84.9 Å². The Balaban J connectivity index is 1.07. The van der Waals surface area contributed by atoms with Crippen LogP contribution in [0, 0.1) is 11.7 Å². The summed E-state index contributed by atoms with van der Waals surface area (Å²) in [6.45, 7) is -0.492. The number of ether oxygens (including phenoxy) is 2. The maximum Gasteiger partial charge on any atom is 0.411 e. The molecule has 8 rings (SSSR count). The zero-order valence-corrected chi connectivity index (χ0v) is 32.1. The van der Waals surface area contributed by atoms with Crippen molar-refractivity contribution in [2.24, 2.45) is 5.92 Å². The zero-order chi connectivity index (χ0) is 39.0. The maximum absolute atomic E-state index is 16.9. The molecule has 4 aromatic rings. The van der Waals surface area contributed by atoms with Crippen LogP contribution < -0.4 is 13.8 Å². The standard InChI is InChI=1S/C43H45FN4O7S/c1-46(43(51)55-41-33-18-10-8-16-31(33)32-17-9-11-19-34(32)41)36(21-20-28-12-4-2-5-13-28)42(50)47-23-22-30-24-37(54-27-29-14-6-3-7-15-29)40(39(44)35(30)25-47)48-26-38(49)45-56(48,52)53/h3,6-11,14-19,24,28,36,41H,2,4-5,12-13,20-23,25-27H2,1H3,(H,45,49)/t36-/m1/s1. The van der Waals surface area contributed by atoms with Gasteiger partial charge in [-0.15, -0.1) is 0 Å². The van der Waals surface area contributed by atoms with Crippen LogP contribution >= 0.6 is 0 Å². The Kier molecular flexibility index (Phi) is 10.4. The largest absolute Gasteiger partial charge is 0.487 e. The predicted molar refractivity (Wildman–Crippen MR) is 208 cm³/mol. The van der Waals surface area contributed by atoms with E-state index in [9.17, 15) is 22.8 Å². The van der Waals surface area contributed by atoms with E-state index in [0.29, 0.717) is 22.2 Å². The molecule has 56 heavy (non-hydrogen) atoms. The van der Waals surface area contributed by atoms with Gasteiger partial charge in [0.2, 0.25) is 5.91 Å². The third-order valence-corrected chi connectivity index (χ3v) is 13.0. The van der Waals surface area contributed by atoms with Crippen molar-refractivity contribution in [3.8, 4) is 16.9 Å². The van der Waals surface area contributed by atoms with Crippen molar-refractivity contribution in [1.29, 1.82) is 0 Å². The summed E-state index contributed by atoms with van der Waals surface area (Å²) in [6, 6.07) is 25.5. The molecule has 0 radical (unpaired) electrons. The molecule has 2 aliphatic heterocycles. The molecule has 3 amide bonds. The highest BCUT2D eigenvalue weighted by Crippen LogP contribution is 2.46. The molecule has 0 bridgehead atoms. The van der Waals surface area contributed by atoms with Gasteiger partial charge >= 0.3 is 16.3 Å². The fraction of sp³-hybridized carbons (Fsp3) is 0.372. The Bertz CT molecular complexity index is 2220. The van der Waals surface area contributed by atoms with Crippen LogP contribution in [-0.4, -0.2) is 62.3 Å². The molecule has 0 unspecified atom stereocenters. The smallest absolute Gasteiger partial charge is 0.411 e. The Hall–Kier alpha value is -5.43. The highest BCUT2D eigenvalue weighted by Gasteiger charge is 2.41. The lowest BCUT2D eigenvalue weighted by molar-refractivity contribution is -0.137. The Labute approximate surface area is 326 Å². The van der Waals surface area contributed by atoms with Crippen molar-refractivity contribution in [2.75, 3.05) is 24.4 Å². The zero-order valence-electron chi connectivity index (χ0n) is 31.3. The first-order chi connectivity index (χ1) is 27.1. The quantitative estimate of drug-likeness (QED) is 0.183. The number of anilines is 1. The van der Waals surface area contributed by atoms with Crippen LogP contribution in [0.2, 0.25) is 0 Å². The Morgan fingerprint density at radius 3 is 2.25 bits per heavy atom. The minimum Gasteiger partial charge on any atom is -0.487 e. The normalized spacial score (nSPS) is 18.1. The van der Waals surface area contributed by atoms with Crippen molar-refractivity contribution < 1.29 is 36.7 Å². The van der Waals surface area contributed by atoms with Gasteiger partial charge in [-0.1, -0.05) is 111 Å². The number of carbonyl (C=O) groups excluding carboxylic acids is 3. The third kappa shape index (κ3) is 7.32. The van der Waals surface area contributed by atoms with Crippen LogP contribution in [-0.2, 0) is 44.1 Å². The topological polar surface area (TPSA) is 126 Å². The number of benzene rings is 4. The molecule has 2 fully saturated rings. The van der Waals surface area contributed by atoms with E-state index < -0.39 is 46.7 Å². The highest BCUT2D eigenvalue weighted by atomic mass is 32.2. The first-order valence-electron chi connectivity index (χ1n) is 19.3. The van der Waals surface area contributed by atoms with Crippen molar-refractivity contribution in [1.82, 2.24) is 14.5 Å².